The summed E-state index contributed by atoms with van der Waals surface area (Å²) in [5, 5.41) is 1.63. The molecule has 7 heteroatoms. The molecule has 1 aliphatic rings. The van der Waals surface area contributed by atoms with E-state index in [1.54, 1.807) is 12.4 Å². The van der Waals surface area contributed by atoms with Crippen LogP contribution < -0.4 is 5.73 Å². The molecule has 0 aliphatic carbocycles. The summed E-state index contributed by atoms with van der Waals surface area (Å²) in [5.74, 6) is 0. The standard InChI is InChI=1S/C9H14N2O3S2/c1-11(8-2-3-14-5-8)16(12,13)9-4-7(10)6-15-9/h4,6,8H,2-3,5,10H2,1H3. The first kappa shape index (κ1) is 11.8. The molecule has 0 amide bonds. The molecule has 2 rings (SSSR count). The summed E-state index contributed by atoms with van der Waals surface area (Å²) in [4.78, 5) is 0. The van der Waals surface area contributed by atoms with Crippen LogP contribution in [0.15, 0.2) is 15.7 Å². The first-order chi connectivity index (χ1) is 7.51. The van der Waals surface area contributed by atoms with Crippen LogP contribution in [0.5, 0.6) is 0 Å². The number of nitrogen functional groups attached to an aromatic ring is 1. The van der Waals surface area contributed by atoms with Crippen molar-refractivity contribution in [1.82, 2.24) is 4.31 Å². The van der Waals surface area contributed by atoms with E-state index in [-0.39, 0.29) is 6.04 Å². The smallest absolute Gasteiger partial charge is 0.252 e. The van der Waals surface area contributed by atoms with Crippen LogP contribution in [0, 0.1) is 0 Å². The monoisotopic (exact) mass is 262 g/mol. The minimum Gasteiger partial charge on any atom is -0.398 e. The van der Waals surface area contributed by atoms with Crippen LogP contribution in [0.3, 0.4) is 0 Å². The number of sulfonamides is 1. The van der Waals surface area contributed by atoms with Crippen LogP contribution in [0.4, 0.5) is 5.69 Å². The lowest BCUT2D eigenvalue weighted by Crippen LogP contribution is -2.36. The first-order valence-corrected chi connectivity index (χ1v) is 7.23. The second-order valence-electron chi connectivity index (χ2n) is 3.74. The van der Waals surface area contributed by atoms with Crippen molar-refractivity contribution in [2.75, 3.05) is 26.0 Å². The summed E-state index contributed by atoms with van der Waals surface area (Å²) in [6.45, 7) is 1.09. The zero-order chi connectivity index (χ0) is 11.8. The minimum absolute atomic E-state index is 0.0617. The van der Waals surface area contributed by atoms with Crippen molar-refractivity contribution in [3.8, 4) is 0 Å². The van der Waals surface area contributed by atoms with E-state index in [0.29, 0.717) is 23.1 Å². The number of hydrogen-bond acceptors (Lipinski definition) is 5. The van der Waals surface area contributed by atoms with Gasteiger partial charge >= 0.3 is 0 Å². The fourth-order valence-electron chi connectivity index (χ4n) is 1.61. The van der Waals surface area contributed by atoms with Gasteiger partial charge in [0.25, 0.3) is 10.0 Å². The van der Waals surface area contributed by atoms with E-state index in [4.69, 9.17) is 10.5 Å². The highest BCUT2D eigenvalue weighted by Gasteiger charge is 2.31. The molecule has 1 aromatic heterocycles. The largest absolute Gasteiger partial charge is 0.398 e. The van der Waals surface area contributed by atoms with E-state index in [9.17, 15) is 8.42 Å². The van der Waals surface area contributed by atoms with Crippen molar-refractivity contribution < 1.29 is 13.2 Å². The third-order valence-electron chi connectivity index (χ3n) is 2.65. The SMILES string of the molecule is CN(C1CCOC1)S(=O)(=O)c1cc(N)cs1. The van der Waals surface area contributed by atoms with Crippen molar-refractivity contribution >= 4 is 27.0 Å². The van der Waals surface area contributed by atoms with Gasteiger partial charge in [-0.1, -0.05) is 0 Å². The molecule has 1 aromatic rings. The summed E-state index contributed by atoms with van der Waals surface area (Å²) >= 11 is 1.15. The molecule has 0 spiro atoms. The van der Waals surface area contributed by atoms with Crippen LogP contribution >= 0.6 is 11.3 Å². The molecule has 0 bridgehead atoms. The van der Waals surface area contributed by atoms with Gasteiger partial charge in [-0.2, -0.15) is 4.31 Å². The molecule has 1 saturated heterocycles. The Bertz CT molecular complexity index is 463. The average Bonchev–Trinajstić information content (AvgIpc) is 2.86. The molecule has 2 heterocycles. The number of thiophene rings is 1. The summed E-state index contributed by atoms with van der Waals surface area (Å²) in [6.07, 6.45) is 0.747. The number of likely N-dealkylation sites (N-methyl/N-ethyl adjacent to an activating group) is 1. The van der Waals surface area contributed by atoms with E-state index in [1.165, 1.54) is 10.4 Å². The molecule has 0 aromatic carbocycles. The highest BCUT2D eigenvalue weighted by Crippen LogP contribution is 2.27. The van der Waals surface area contributed by atoms with Gasteiger partial charge in [-0.25, -0.2) is 8.42 Å². The van der Waals surface area contributed by atoms with Crippen molar-refractivity contribution in [3.63, 3.8) is 0 Å². The molecular weight excluding hydrogens is 248 g/mol. The van der Waals surface area contributed by atoms with E-state index in [1.807, 2.05) is 0 Å². The van der Waals surface area contributed by atoms with Crippen molar-refractivity contribution in [1.29, 1.82) is 0 Å². The molecule has 0 saturated carbocycles. The Kier molecular flexibility index (Phi) is 3.20. The molecule has 1 aliphatic heterocycles. The molecule has 0 radical (unpaired) electrons. The fourth-order valence-corrected chi connectivity index (χ4v) is 4.25. The lowest BCUT2D eigenvalue weighted by Gasteiger charge is -2.21. The van der Waals surface area contributed by atoms with Crippen molar-refractivity contribution in [3.05, 3.63) is 11.4 Å². The van der Waals surface area contributed by atoms with Crippen LogP contribution in [-0.4, -0.2) is 39.0 Å². The van der Waals surface area contributed by atoms with E-state index >= 15 is 0 Å². The predicted molar refractivity (Wildman–Crippen MR) is 62.9 cm³/mol. The molecule has 1 unspecified atom stereocenters. The number of nitrogens with zero attached hydrogens (tertiary/aromatic N) is 1. The maximum atomic E-state index is 12.2. The second-order valence-corrected chi connectivity index (χ2v) is 6.87. The highest BCUT2D eigenvalue weighted by atomic mass is 32.2. The normalized spacial score (nSPS) is 21.8. The Balaban J connectivity index is 2.24. The van der Waals surface area contributed by atoms with Gasteiger partial charge in [0.15, 0.2) is 0 Å². The predicted octanol–water partition coefficient (Wildman–Crippen LogP) is 0.740. The Morgan fingerprint density at radius 1 is 1.62 bits per heavy atom. The maximum absolute atomic E-state index is 12.2. The van der Waals surface area contributed by atoms with Gasteiger partial charge in [0.1, 0.15) is 4.21 Å². The Hall–Kier alpha value is -0.630. The third-order valence-corrected chi connectivity index (χ3v) is 5.99. The Morgan fingerprint density at radius 2 is 2.38 bits per heavy atom. The summed E-state index contributed by atoms with van der Waals surface area (Å²) in [7, 11) is -1.82. The van der Waals surface area contributed by atoms with Gasteiger partial charge < -0.3 is 10.5 Å². The van der Waals surface area contributed by atoms with Crippen LogP contribution in [0.25, 0.3) is 0 Å². The maximum Gasteiger partial charge on any atom is 0.252 e. The van der Waals surface area contributed by atoms with Crippen LogP contribution in [-0.2, 0) is 14.8 Å². The topological polar surface area (TPSA) is 72.6 Å². The summed E-state index contributed by atoms with van der Waals surface area (Å²) in [6, 6.07) is 1.43. The highest BCUT2D eigenvalue weighted by molar-refractivity contribution is 7.91. The summed E-state index contributed by atoms with van der Waals surface area (Å²) < 4.78 is 31.2. The Labute approximate surface area is 98.9 Å². The van der Waals surface area contributed by atoms with E-state index < -0.39 is 10.0 Å². The number of anilines is 1. The van der Waals surface area contributed by atoms with Crippen LogP contribution in [0.1, 0.15) is 6.42 Å². The second kappa shape index (κ2) is 4.33. The lowest BCUT2D eigenvalue weighted by molar-refractivity contribution is 0.181. The van der Waals surface area contributed by atoms with Gasteiger partial charge in [0, 0.05) is 24.7 Å². The van der Waals surface area contributed by atoms with Gasteiger partial charge in [-0.15, -0.1) is 11.3 Å². The number of nitrogens with two attached hydrogens (primary N) is 1. The average molecular weight is 262 g/mol. The quantitative estimate of drug-likeness (QED) is 0.872. The molecule has 1 fully saturated rings. The molecule has 16 heavy (non-hydrogen) atoms. The molecule has 2 N–H and O–H groups in total. The Morgan fingerprint density at radius 3 is 2.88 bits per heavy atom. The van der Waals surface area contributed by atoms with Crippen LogP contribution in [0.2, 0.25) is 0 Å². The fraction of sp³-hybridized carbons (Fsp3) is 0.556. The van der Waals surface area contributed by atoms with Gasteiger partial charge in [-0.3, -0.25) is 0 Å². The van der Waals surface area contributed by atoms with Gasteiger partial charge in [0.05, 0.1) is 12.6 Å². The minimum atomic E-state index is -3.41. The number of rotatable bonds is 3. The first-order valence-electron chi connectivity index (χ1n) is 4.91. The number of ether oxygens (including phenoxy) is 1. The third kappa shape index (κ3) is 2.08. The van der Waals surface area contributed by atoms with E-state index in [2.05, 4.69) is 0 Å². The van der Waals surface area contributed by atoms with E-state index in [0.717, 1.165) is 17.8 Å². The molecular formula is C9H14N2O3S2. The number of hydrogen-bond donors (Lipinski definition) is 1. The molecule has 5 nitrogen and oxygen atoms in total. The van der Waals surface area contributed by atoms with Crippen molar-refractivity contribution in [2.45, 2.75) is 16.7 Å². The molecule has 1 atom stereocenters. The van der Waals surface area contributed by atoms with Crippen molar-refractivity contribution in [2.24, 2.45) is 0 Å². The zero-order valence-corrected chi connectivity index (χ0v) is 10.6. The summed E-state index contributed by atoms with van der Waals surface area (Å²) in [5.41, 5.74) is 6.02. The van der Waals surface area contributed by atoms with Gasteiger partial charge in [0.2, 0.25) is 0 Å². The lowest BCUT2D eigenvalue weighted by atomic mass is 10.3. The van der Waals surface area contributed by atoms with Gasteiger partial charge in [-0.05, 0) is 12.5 Å². The molecule has 90 valence electrons. The zero-order valence-electron chi connectivity index (χ0n) is 8.92.